The summed E-state index contributed by atoms with van der Waals surface area (Å²) in [6.45, 7) is 10.9. The van der Waals surface area contributed by atoms with Crippen LogP contribution in [0.25, 0.3) is 5.57 Å². The van der Waals surface area contributed by atoms with Crippen molar-refractivity contribution in [2.45, 2.75) is 123 Å². The third-order valence-corrected chi connectivity index (χ3v) is 8.85. The van der Waals surface area contributed by atoms with Crippen LogP contribution in [0.15, 0.2) is 30.3 Å². The highest BCUT2D eigenvalue weighted by atomic mass is 19.4. The molecule has 0 radical (unpaired) electrons. The second kappa shape index (κ2) is 12.4. The highest BCUT2D eigenvalue weighted by Gasteiger charge is 2.39. The van der Waals surface area contributed by atoms with Gasteiger partial charge in [0.1, 0.15) is 6.10 Å². The van der Waals surface area contributed by atoms with Crippen LogP contribution in [-0.2, 0) is 12.6 Å². The minimum absolute atomic E-state index is 0.0821. The molecule has 40 heavy (non-hydrogen) atoms. The summed E-state index contributed by atoms with van der Waals surface area (Å²) in [6.07, 6.45) is 5.67. The van der Waals surface area contributed by atoms with Gasteiger partial charge < -0.3 is 10.2 Å². The summed E-state index contributed by atoms with van der Waals surface area (Å²) in [7, 11) is 0. The molecule has 2 unspecified atom stereocenters. The molecule has 1 saturated carbocycles. The van der Waals surface area contributed by atoms with Crippen molar-refractivity contribution < 1.29 is 23.4 Å². The van der Waals surface area contributed by atoms with Crippen LogP contribution in [0.4, 0.5) is 13.2 Å². The molecule has 6 heteroatoms. The molecule has 1 fully saturated rings. The van der Waals surface area contributed by atoms with Gasteiger partial charge in [0, 0.05) is 22.7 Å². The highest BCUT2D eigenvalue weighted by Crippen LogP contribution is 2.50. The number of aromatic nitrogens is 1. The van der Waals surface area contributed by atoms with E-state index in [4.69, 9.17) is 4.98 Å². The van der Waals surface area contributed by atoms with Crippen LogP contribution in [-0.4, -0.2) is 15.2 Å². The minimum atomic E-state index is -4.43. The maximum Gasteiger partial charge on any atom is 0.416 e. The number of alkyl halides is 3. The second-order valence-electron chi connectivity index (χ2n) is 13.1. The molecule has 2 N–H and O–H groups in total. The Morgan fingerprint density at radius 1 is 1.05 bits per heavy atom. The quantitative estimate of drug-likeness (QED) is 0.385. The lowest BCUT2D eigenvalue weighted by molar-refractivity contribution is -0.137. The summed E-state index contributed by atoms with van der Waals surface area (Å²) in [5.41, 5.74) is 4.95. The minimum Gasteiger partial charge on any atom is -0.388 e. The van der Waals surface area contributed by atoms with Gasteiger partial charge in [0.2, 0.25) is 0 Å². The number of halogens is 3. The topological polar surface area (TPSA) is 53.4 Å². The maximum absolute atomic E-state index is 13.2. The van der Waals surface area contributed by atoms with Gasteiger partial charge in [-0.15, -0.1) is 0 Å². The number of allylic oxidation sites excluding steroid dienone is 2. The van der Waals surface area contributed by atoms with Crippen LogP contribution in [0.3, 0.4) is 0 Å². The van der Waals surface area contributed by atoms with Crippen LogP contribution in [0, 0.1) is 11.3 Å². The summed E-state index contributed by atoms with van der Waals surface area (Å²) >= 11 is 0. The summed E-state index contributed by atoms with van der Waals surface area (Å²) in [5.74, 6) is 1.09. The van der Waals surface area contributed by atoms with Crippen molar-refractivity contribution in [1.29, 1.82) is 0 Å². The van der Waals surface area contributed by atoms with Crippen molar-refractivity contribution in [3.63, 3.8) is 0 Å². The molecule has 3 aliphatic rings. The number of rotatable bonds is 5. The smallest absolute Gasteiger partial charge is 0.388 e. The Labute approximate surface area is 237 Å². The molecule has 1 heterocycles. The number of nitrogens with zero attached hydrogens (tertiary/aromatic N) is 1. The lowest BCUT2D eigenvalue weighted by atomic mass is 9.71. The van der Waals surface area contributed by atoms with Gasteiger partial charge in [0.15, 0.2) is 0 Å². The van der Waals surface area contributed by atoms with E-state index in [0.29, 0.717) is 17.5 Å². The Hall–Kier alpha value is -2.18. The number of aliphatic hydroxyl groups is 2. The second-order valence-corrected chi connectivity index (χ2v) is 13.1. The molecule has 2 aromatic rings. The Kier molecular flexibility index (Phi) is 9.51. The van der Waals surface area contributed by atoms with Gasteiger partial charge in [-0.05, 0) is 85.1 Å². The maximum atomic E-state index is 13.2. The third-order valence-electron chi connectivity index (χ3n) is 8.85. The number of hydrogen-bond acceptors (Lipinski definition) is 3. The fraction of sp³-hybridized carbons (Fsp3) is 0.618. The van der Waals surface area contributed by atoms with Gasteiger partial charge in [-0.3, -0.25) is 4.98 Å². The first-order chi connectivity index (χ1) is 18.8. The number of pyridine rings is 1. The first-order valence-corrected chi connectivity index (χ1v) is 15.1. The zero-order chi connectivity index (χ0) is 29.2. The molecule has 0 aliphatic heterocycles. The van der Waals surface area contributed by atoms with Gasteiger partial charge >= 0.3 is 6.18 Å². The number of benzene rings is 1. The van der Waals surface area contributed by atoms with Crippen molar-refractivity contribution >= 4 is 5.57 Å². The predicted molar refractivity (Wildman–Crippen MR) is 155 cm³/mol. The highest BCUT2D eigenvalue weighted by molar-refractivity contribution is 5.75. The summed E-state index contributed by atoms with van der Waals surface area (Å²) in [5, 5.41) is 23.1. The van der Waals surface area contributed by atoms with E-state index in [2.05, 4.69) is 40.7 Å². The van der Waals surface area contributed by atoms with Gasteiger partial charge in [-0.1, -0.05) is 72.1 Å². The molecule has 0 saturated heterocycles. The van der Waals surface area contributed by atoms with E-state index in [1.165, 1.54) is 18.6 Å². The zero-order valence-electron chi connectivity index (χ0n) is 24.7. The first-order valence-electron chi connectivity index (χ1n) is 15.1. The van der Waals surface area contributed by atoms with Crippen molar-refractivity contribution in [3.05, 3.63) is 69.5 Å². The Morgan fingerprint density at radius 3 is 2.20 bits per heavy atom. The molecular weight excluding hydrogens is 511 g/mol. The lowest BCUT2D eigenvalue weighted by Gasteiger charge is -2.38. The van der Waals surface area contributed by atoms with Gasteiger partial charge in [-0.25, -0.2) is 0 Å². The van der Waals surface area contributed by atoms with Crippen LogP contribution in [0.1, 0.15) is 150 Å². The largest absolute Gasteiger partial charge is 0.416 e. The molecule has 1 aromatic heterocycles. The van der Waals surface area contributed by atoms with E-state index in [1.54, 1.807) is 0 Å². The van der Waals surface area contributed by atoms with E-state index < -0.39 is 23.9 Å². The van der Waals surface area contributed by atoms with Crippen LogP contribution in [0.5, 0.6) is 0 Å². The van der Waals surface area contributed by atoms with Gasteiger partial charge in [0.05, 0.1) is 17.4 Å². The Balaban J connectivity index is 0.000000681. The van der Waals surface area contributed by atoms with Gasteiger partial charge in [-0.2, -0.15) is 13.2 Å². The molecule has 0 bridgehead atoms. The Bertz CT molecular complexity index is 1190. The van der Waals surface area contributed by atoms with Crippen molar-refractivity contribution in [1.82, 2.24) is 4.98 Å². The number of hydrogen-bond donors (Lipinski definition) is 2. The summed E-state index contributed by atoms with van der Waals surface area (Å²) in [4.78, 5) is 5.15. The third kappa shape index (κ3) is 6.82. The first kappa shape index (κ1) is 30.8. The van der Waals surface area contributed by atoms with Crippen molar-refractivity contribution in [2.75, 3.05) is 0 Å². The zero-order valence-corrected chi connectivity index (χ0v) is 24.7. The molecule has 5 rings (SSSR count). The normalized spacial score (nSPS) is 21.6. The SMILES string of the molecule is CC1(C)Cc2nc(C3CCCC3)c(C(O)c3ccc(C(F)(F)F)cc3)c(C3=CCCC3)c2C(O)C1.CCC(C)C. The lowest BCUT2D eigenvalue weighted by Crippen LogP contribution is -2.29. The van der Waals surface area contributed by atoms with Crippen LogP contribution in [0.2, 0.25) is 0 Å². The fourth-order valence-electron chi connectivity index (χ4n) is 6.38. The van der Waals surface area contributed by atoms with Crippen LogP contribution >= 0.6 is 0 Å². The molecule has 0 amide bonds. The summed E-state index contributed by atoms with van der Waals surface area (Å²) in [6, 6.07) is 4.81. The fourth-order valence-corrected chi connectivity index (χ4v) is 6.38. The molecule has 3 nitrogen and oxygen atoms in total. The van der Waals surface area contributed by atoms with E-state index >= 15 is 0 Å². The van der Waals surface area contributed by atoms with Crippen molar-refractivity contribution in [3.8, 4) is 0 Å². The molecule has 3 aliphatic carbocycles. The van der Waals surface area contributed by atoms with E-state index in [9.17, 15) is 23.4 Å². The molecule has 220 valence electrons. The Morgan fingerprint density at radius 2 is 1.68 bits per heavy atom. The standard InChI is InChI=1S/C29H34F3NO2.C5H12/c1-28(2)15-21-24(22(34)16-28)23(17-7-3-4-8-17)25(26(33-21)18-9-5-6-10-18)27(35)19-11-13-20(14-12-19)29(30,31)32;1-4-5(2)3/h7,11-14,18,22,27,34-35H,3-6,8-10,15-16H2,1-2H3;5H,4H2,1-3H3. The molecule has 2 atom stereocenters. The molecule has 1 aromatic carbocycles. The van der Waals surface area contributed by atoms with Crippen molar-refractivity contribution in [2.24, 2.45) is 11.3 Å². The molecule has 0 spiro atoms. The predicted octanol–water partition coefficient (Wildman–Crippen LogP) is 9.47. The number of aliphatic hydroxyl groups excluding tert-OH is 2. The van der Waals surface area contributed by atoms with E-state index in [-0.39, 0.29) is 11.3 Å². The monoisotopic (exact) mass is 557 g/mol. The summed E-state index contributed by atoms with van der Waals surface area (Å²) < 4.78 is 39.5. The molecular formula is C34H46F3NO2. The van der Waals surface area contributed by atoms with Crippen LogP contribution < -0.4 is 0 Å². The van der Waals surface area contributed by atoms with Gasteiger partial charge in [0.25, 0.3) is 0 Å². The average Bonchev–Trinajstić information content (AvgIpc) is 3.61. The van der Waals surface area contributed by atoms with E-state index in [0.717, 1.165) is 97.5 Å². The van der Waals surface area contributed by atoms with E-state index in [1.807, 2.05) is 0 Å². The number of fused-ring (bicyclic) bond motifs is 1. The average molecular weight is 558 g/mol.